The molecule has 0 aliphatic carbocycles. The lowest BCUT2D eigenvalue weighted by molar-refractivity contribution is -0.697. The second-order valence-corrected chi connectivity index (χ2v) is 8.71. The number of carbonyl (C=O) groups excluding carboxylic acids is 1. The Bertz CT molecular complexity index is 1100. The van der Waals surface area contributed by atoms with Gasteiger partial charge in [0.05, 0.1) is 38.6 Å². The molecule has 156 valence electrons. The van der Waals surface area contributed by atoms with Crippen molar-refractivity contribution in [1.82, 2.24) is 9.97 Å². The van der Waals surface area contributed by atoms with E-state index in [4.69, 9.17) is 4.74 Å². The first-order valence-corrected chi connectivity index (χ1v) is 11.9. The summed E-state index contributed by atoms with van der Waals surface area (Å²) in [7, 11) is -0.597. The van der Waals surface area contributed by atoms with E-state index in [9.17, 15) is 4.79 Å². The van der Waals surface area contributed by atoms with E-state index in [1.807, 2.05) is 72.0 Å². The third-order valence-electron chi connectivity index (χ3n) is 4.72. The number of aryl methyl sites for hydroxylation is 1. The van der Waals surface area contributed by atoms with E-state index < -0.39 is 8.07 Å². The number of carbonyl (C=O) groups is 1. The van der Waals surface area contributed by atoms with Gasteiger partial charge in [-0.25, -0.2) is 19.5 Å². The number of hydrogen-bond acceptors (Lipinski definition) is 6. The molecule has 0 N–H and O–H groups in total. The van der Waals surface area contributed by atoms with E-state index in [0.29, 0.717) is 31.0 Å². The SMILES string of the molecule is CP1C=Nc2ncc(-c3cc[n+](CCCC(=O)OCc4ccccc4)cc3)nc2C=N1. The lowest BCUT2D eigenvalue weighted by atomic mass is 10.2. The Labute approximate surface area is 182 Å². The highest BCUT2D eigenvalue weighted by Crippen LogP contribution is 2.32. The molecule has 1 aromatic carbocycles. The fourth-order valence-corrected chi connectivity index (χ4v) is 3.66. The first-order valence-electron chi connectivity index (χ1n) is 10.0. The van der Waals surface area contributed by atoms with Gasteiger partial charge in [-0.05, 0) is 12.2 Å². The number of esters is 1. The van der Waals surface area contributed by atoms with Crippen LogP contribution in [-0.4, -0.2) is 34.8 Å². The fraction of sp³-hybridized carbons (Fsp3) is 0.217. The zero-order chi connectivity index (χ0) is 21.5. The third kappa shape index (κ3) is 5.86. The first-order chi connectivity index (χ1) is 15.2. The van der Waals surface area contributed by atoms with Crippen molar-refractivity contribution in [3.05, 3.63) is 72.3 Å². The van der Waals surface area contributed by atoms with Crippen LogP contribution in [0.3, 0.4) is 0 Å². The van der Waals surface area contributed by atoms with E-state index in [-0.39, 0.29) is 5.97 Å². The molecule has 0 saturated carbocycles. The number of fused-ring (bicyclic) bond motifs is 1. The molecule has 0 amide bonds. The van der Waals surface area contributed by atoms with Gasteiger partial charge < -0.3 is 4.74 Å². The summed E-state index contributed by atoms with van der Waals surface area (Å²) in [5, 5.41) is 0. The van der Waals surface area contributed by atoms with Gasteiger partial charge >= 0.3 is 5.97 Å². The van der Waals surface area contributed by atoms with Gasteiger partial charge in [0.2, 0.25) is 0 Å². The van der Waals surface area contributed by atoms with Crippen LogP contribution in [0, 0.1) is 0 Å². The summed E-state index contributed by atoms with van der Waals surface area (Å²) < 4.78 is 11.8. The van der Waals surface area contributed by atoms with E-state index in [0.717, 1.165) is 23.4 Å². The number of rotatable bonds is 7. The van der Waals surface area contributed by atoms with Gasteiger partial charge in [0.1, 0.15) is 18.8 Å². The van der Waals surface area contributed by atoms with Crippen LogP contribution >= 0.6 is 8.07 Å². The topological polar surface area (TPSA) is 80.7 Å². The summed E-state index contributed by atoms with van der Waals surface area (Å²) in [6, 6.07) is 13.7. The number of benzene rings is 1. The highest BCUT2D eigenvalue weighted by molar-refractivity contribution is 7.71. The fourth-order valence-electron chi connectivity index (χ4n) is 3.03. The quantitative estimate of drug-likeness (QED) is 0.320. The first kappa shape index (κ1) is 20.9. The van der Waals surface area contributed by atoms with E-state index in [1.165, 1.54) is 0 Å². The second-order valence-electron chi connectivity index (χ2n) is 7.10. The average molecular weight is 432 g/mol. The standard InChI is InChI=1S/C23H23N5O2P/c1-31-17-25-23-21(15-26-31)27-20(14-24-23)19-9-12-28(13-10-19)11-5-8-22(29)30-16-18-6-3-2-4-7-18/h2-4,6-7,9-10,12-15,17H,5,8,11,16H2,1H3/q+1. The predicted octanol–water partition coefficient (Wildman–Crippen LogP) is 4.07. The summed E-state index contributed by atoms with van der Waals surface area (Å²) in [6.45, 7) is 3.08. The van der Waals surface area contributed by atoms with Crippen molar-refractivity contribution in [3.8, 4) is 11.3 Å². The predicted molar refractivity (Wildman–Crippen MR) is 122 cm³/mol. The minimum absolute atomic E-state index is 0.179. The van der Waals surface area contributed by atoms with E-state index in [2.05, 4.69) is 19.7 Å². The number of aliphatic imine (C=N–C) groups is 1. The van der Waals surface area contributed by atoms with Crippen molar-refractivity contribution < 1.29 is 14.1 Å². The monoisotopic (exact) mass is 432 g/mol. The molecule has 0 saturated heterocycles. The molecule has 7 nitrogen and oxygen atoms in total. The maximum absolute atomic E-state index is 11.9. The molecular formula is C23H23N5O2P+. The van der Waals surface area contributed by atoms with Gasteiger partial charge in [0.25, 0.3) is 0 Å². The van der Waals surface area contributed by atoms with Crippen LogP contribution in [0.1, 0.15) is 24.1 Å². The molecule has 1 aliphatic heterocycles. The summed E-state index contributed by atoms with van der Waals surface area (Å²) in [4.78, 5) is 25.4. The van der Waals surface area contributed by atoms with E-state index >= 15 is 0 Å². The number of hydrogen-bond donors (Lipinski definition) is 0. The van der Waals surface area contributed by atoms with Gasteiger partial charge in [-0.2, -0.15) is 0 Å². The van der Waals surface area contributed by atoms with Crippen molar-refractivity contribution in [2.75, 3.05) is 6.66 Å². The maximum Gasteiger partial charge on any atom is 0.306 e. The number of ether oxygens (including phenoxy) is 1. The van der Waals surface area contributed by atoms with Crippen LogP contribution in [0.15, 0.2) is 70.8 Å². The highest BCUT2D eigenvalue weighted by Gasteiger charge is 2.12. The Hall–Kier alpha value is -3.31. The normalized spacial score (nSPS) is 14.7. The molecule has 0 bridgehead atoms. The smallest absolute Gasteiger partial charge is 0.306 e. The van der Waals surface area contributed by atoms with Crippen LogP contribution in [-0.2, 0) is 22.7 Å². The maximum atomic E-state index is 11.9. The largest absolute Gasteiger partial charge is 0.461 e. The number of aromatic nitrogens is 3. The van der Waals surface area contributed by atoms with Crippen LogP contribution in [0.4, 0.5) is 5.82 Å². The number of nitrogens with zero attached hydrogens (tertiary/aromatic N) is 5. The highest BCUT2D eigenvalue weighted by atomic mass is 31.1. The molecule has 1 atom stereocenters. The molecule has 0 radical (unpaired) electrons. The van der Waals surface area contributed by atoms with Gasteiger partial charge in [-0.3, -0.25) is 9.56 Å². The van der Waals surface area contributed by atoms with Crippen molar-refractivity contribution in [3.63, 3.8) is 0 Å². The average Bonchev–Trinajstić information content (AvgIpc) is 3.00. The van der Waals surface area contributed by atoms with Gasteiger partial charge in [-0.15, -0.1) is 0 Å². The van der Waals surface area contributed by atoms with Crippen molar-refractivity contribution in [1.29, 1.82) is 0 Å². The Balaban J connectivity index is 1.29. The van der Waals surface area contributed by atoms with Crippen LogP contribution in [0.25, 0.3) is 11.3 Å². The molecule has 0 fully saturated rings. The Morgan fingerprint density at radius 2 is 1.94 bits per heavy atom. The summed E-state index contributed by atoms with van der Waals surface area (Å²) in [5.41, 5.74) is 3.43. The minimum atomic E-state index is -0.597. The third-order valence-corrected chi connectivity index (χ3v) is 5.64. The lowest BCUT2D eigenvalue weighted by Crippen LogP contribution is -2.32. The van der Waals surface area contributed by atoms with E-state index in [1.54, 1.807) is 12.4 Å². The molecule has 0 spiro atoms. The molecule has 8 heteroatoms. The molecule has 3 aromatic rings. The zero-order valence-electron chi connectivity index (χ0n) is 17.3. The van der Waals surface area contributed by atoms with Crippen LogP contribution in [0.2, 0.25) is 0 Å². The molecule has 1 unspecified atom stereocenters. The van der Waals surface area contributed by atoms with Crippen molar-refractivity contribution in [2.45, 2.75) is 26.0 Å². The molecule has 3 heterocycles. The Morgan fingerprint density at radius 3 is 2.74 bits per heavy atom. The van der Waals surface area contributed by atoms with Crippen molar-refractivity contribution >= 4 is 32.0 Å². The van der Waals surface area contributed by atoms with Crippen molar-refractivity contribution in [2.24, 2.45) is 9.76 Å². The van der Waals surface area contributed by atoms with Crippen LogP contribution in [0.5, 0.6) is 0 Å². The zero-order valence-corrected chi connectivity index (χ0v) is 18.2. The van der Waals surface area contributed by atoms with Gasteiger partial charge in [-0.1, -0.05) is 30.3 Å². The molecular weight excluding hydrogens is 409 g/mol. The Kier molecular flexibility index (Phi) is 6.85. The van der Waals surface area contributed by atoms with Gasteiger partial charge in [0, 0.05) is 24.1 Å². The molecule has 1 aliphatic rings. The molecule has 2 aromatic heterocycles. The van der Waals surface area contributed by atoms with Crippen LogP contribution < -0.4 is 4.57 Å². The Morgan fingerprint density at radius 1 is 1.13 bits per heavy atom. The summed E-state index contributed by atoms with van der Waals surface area (Å²) >= 11 is 0. The minimum Gasteiger partial charge on any atom is -0.461 e. The second kappa shape index (κ2) is 10.1. The lowest BCUT2D eigenvalue weighted by Gasteiger charge is -2.05. The van der Waals surface area contributed by atoms with Gasteiger partial charge in [0.15, 0.2) is 18.2 Å². The number of pyridine rings is 1. The summed E-state index contributed by atoms with van der Waals surface area (Å²) in [6.07, 6.45) is 8.55. The molecule has 4 rings (SSSR count). The molecule has 31 heavy (non-hydrogen) atoms. The summed E-state index contributed by atoms with van der Waals surface area (Å²) in [5.74, 6) is 2.25.